The van der Waals surface area contributed by atoms with E-state index in [4.69, 9.17) is 17.2 Å². The van der Waals surface area contributed by atoms with Gasteiger partial charge >= 0.3 is 0 Å². The molecule has 1 amide bonds. The van der Waals surface area contributed by atoms with Crippen molar-refractivity contribution in [2.24, 2.45) is 0 Å². The van der Waals surface area contributed by atoms with Crippen molar-refractivity contribution >= 4 is 34.9 Å². The fraction of sp³-hybridized carbons (Fsp3) is 0.0833. The quantitative estimate of drug-likeness (QED) is 0.537. The van der Waals surface area contributed by atoms with Gasteiger partial charge in [0.15, 0.2) is 11.6 Å². The number of nitrogens with two attached hydrogens (primary N) is 3. The number of carbonyl (C=O) groups excluding carboxylic acids is 1. The molecule has 1 heterocycles. The van der Waals surface area contributed by atoms with Crippen molar-refractivity contribution in [3.63, 3.8) is 0 Å². The predicted molar refractivity (Wildman–Crippen MR) is 78.8 cm³/mol. The van der Waals surface area contributed by atoms with Gasteiger partial charge in [0.25, 0.3) is 0 Å². The number of rotatable bonds is 4. The van der Waals surface area contributed by atoms with E-state index in [9.17, 15) is 4.79 Å². The standard InChI is InChI=1S/C12H15N7O/c13-10-9(11(14)19-12(15)18-10)17-8(20)6-16-7-4-2-1-3-5-7/h1-5,16H,6H2,(H,17,20)(H6,13,14,15,18,19). The molecule has 0 bridgehead atoms. The fourth-order valence-corrected chi connectivity index (χ4v) is 1.56. The smallest absolute Gasteiger partial charge is 0.243 e. The van der Waals surface area contributed by atoms with E-state index in [1.54, 1.807) is 0 Å². The summed E-state index contributed by atoms with van der Waals surface area (Å²) >= 11 is 0. The van der Waals surface area contributed by atoms with E-state index in [1.807, 2.05) is 30.3 Å². The average Bonchev–Trinajstić information content (AvgIpc) is 2.42. The lowest BCUT2D eigenvalue weighted by Gasteiger charge is -2.11. The minimum atomic E-state index is -0.319. The van der Waals surface area contributed by atoms with E-state index in [2.05, 4.69) is 20.6 Å². The Bertz CT molecular complexity index is 591. The summed E-state index contributed by atoms with van der Waals surface area (Å²) in [7, 11) is 0. The predicted octanol–water partition coefficient (Wildman–Crippen LogP) is 0.274. The number of amides is 1. The van der Waals surface area contributed by atoms with Crippen LogP contribution in [-0.2, 0) is 4.79 Å². The topological polar surface area (TPSA) is 145 Å². The third kappa shape index (κ3) is 3.25. The molecule has 8 heteroatoms. The first-order chi connectivity index (χ1) is 9.56. The van der Waals surface area contributed by atoms with Gasteiger partial charge in [-0.05, 0) is 12.1 Å². The largest absolute Gasteiger partial charge is 0.382 e. The third-order valence-electron chi connectivity index (χ3n) is 2.47. The van der Waals surface area contributed by atoms with Gasteiger partial charge in [0.2, 0.25) is 11.9 Å². The van der Waals surface area contributed by atoms with Crippen LogP contribution < -0.4 is 27.8 Å². The molecule has 104 valence electrons. The molecule has 2 rings (SSSR count). The Morgan fingerprint density at radius 1 is 1.05 bits per heavy atom. The molecule has 0 saturated carbocycles. The van der Waals surface area contributed by atoms with Gasteiger partial charge in [0.05, 0.1) is 6.54 Å². The lowest BCUT2D eigenvalue weighted by Crippen LogP contribution is -2.23. The van der Waals surface area contributed by atoms with E-state index < -0.39 is 0 Å². The first-order valence-corrected chi connectivity index (χ1v) is 5.83. The Balaban J connectivity index is 1.98. The number of aromatic nitrogens is 2. The molecule has 0 atom stereocenters. The summed E-state index contributed by atoms with van der Waals surface area (Å²) in [6, 6.07) is 9.32. The molecule has 8 nitrogen and oxygen atoms in total. The Kier molecular flexibility index (Phi) is 3.85. The average molecular weight is 273 g/mol. The number of nitrogens with one attached hydrogen (secondary N) is 2. The Labute approximate surface area is 115 Å². The van der Waals surface area contributed by atoms with Crippen LogP contribution in [0, 0.1) is 0 Å². The fourth-order valence-electron chi connectivity index (χ4n) is 1.56. The van der Waals surface area contributed by atoms with E-state index in [1.165, 1.54) is 0 Å². The van der Waals surface area contributed by atoms with Crippen molar-refractivity contribution in [3.05, 3.63) is 30.3 Å². The molecule has 0 fully saturated rings. The van der Waals surface area contributed by atoms with Gasteiger partial charge in [-0.15, -0.1) is 0 Å². The highest BCUT2D eigenvalue weighted by Crippen LogP contribution is 2.22. The lowest BCUT2D eigenvalue weighted by molar-refractivity contribution is -0.114. The van der Waals surface area contributed by atoms with Crippen molar-refractivity contribution in [2.75, 3.05) is 34.4 Å². The second kappa shape index (κ2) is 5.74. The molecule has 2 aromatic rings. The molecule has 0 aliphatic rings. The zero-order chi connectivity index (χ0) is 14.5. The van der Waals surface area contributed by atoms with Crippen LogP contribution >= 0.6 is 0 Å². The van der Waals surface area contributed by atoms with Crippen molar-refractivity contribution in [2.45, 2.75) is 0 Å². The molecule has 0 unspecified atom stereocenters. The van der Waals surface area contributed by atoms with Gasteiger partial charge in [-0.1, -0.05) is 18.2 Å². The number of carbonyl (C=O) groups is 1. The highest BCUT2D eigenvalue weighted by atomic mass is 16.1. The molecule has 1 aromatic heterocycles. The first kappa shape index (κ1) is 13.4. The summed E-state index contributed by atoms with van der Waals surface area (Å²) in [5, 5.41) is 5.50. The maximum absolute atomic E-state index is 11.8. The second-order valence-electron chi connectivity index (χ2n) is 4.00. The molecule has 0 radical (unpaired) electrons. The lowest BCUT2D eigenvalue weighted by atomic mass is 10.3. The van der Waals surface area contributed by atoms with Crippen molar-refractivity contribution in [3.8, 4) is 0 Å². The van der Waals surface area contributed by atoms with Crippen molar-refractivity contribution in [1.82, 2.24) is 9.97 Å². The summed E-state index contributed by atoms with van der Waals surface area (Å²) in [5.74, 6) is -0.299. The van der Waals surface area contributed by atoms with E-state index >= 15 is 0 Å². The van der Waals surface area contributed by atoms with Crippen molar-refractivity contribution in [1.29, 1.82) is 0 Å². The van der Waals surface area contributed by atoms with Crippen LogP contribution in [0.15, 0.2) is 30.3 Å². The summed E-state index contributed by atoms with van der Waals surface area (Å²) in [6.07, 6.45) is 0. The molecule has 8 N–H and O–H groups in total. The van der Waals surface area contributed by atoms with Gasteiger partial charge in [-0.3, -0.25) is 4.79 Å². The summed E-state index contributed by atoms with van der Waals surface area (Å²) in [6.45, 7) is 0.0628. The number of anilines is 5. The van der Waals surface area contributed by atoms with Crippen LogP contribution in [0.5, 0.6) is 0 Å². The van der Waals surface area contributed by atoms with Gasteiger partial charge in [0.1, 0.15) is 5.69 Å². The third-order valence-corrected chi connectivity index (χ3v) is 2.47. The van der Waals surface area contributed by atoms with Gasteiger partial charge in [0, 0.05) is 5.69 Å². The maximum atomic E-state index is 11.8. The normalized spacial score (nSPS) is 10.0. The molecule has 0 spiro atoms. The highest BCUT2D eigenvalue weighted by molar-refractivity contribution is 5.98. The van der Waals surface area contributed by atoms with Gasteiger partial charge in [-0.25, -0.2) is 0 Å². The zero-order valence-corrected chi connectivity index (χ0v) is 10.6. The SMILES string of the molecule is Nc1nc(N)c(NC(=O)CNc2ccccc2)c(N)n1. The van der Waals surface area contributed by atoms with E-state index in [0.29, 0.717) is 0 Å². The number of para-hydroxylation sites is 1. The van der Waals surface area contributed by atoms with Gasteiger partial charge in [-0.2, -0.15) is 9.97 Å². The van der Waals surface area contributed by atoms with Crippen LogP contribution in [0.25, 0.3) is 0 Å². The van der Waals surface area contributed by atoms with Gasteiger partial charge < -0.3 is 27.8 Å². The molecular formula is C12H15N7O. The maximum Gasteiger partial charge on any atom is 0.243 e. The van der Waals surface area contributed by atoms with E-state index in [-0.39, 0.29) is 35.7 Å². The minimum absolute atomic E-state index is 0.0306. The summed E-state index contributed by atoms with van der Waals surface area (Å²) < 4.78 is 0. The van der Waals surface area contributed by atoms with Crippen molar-refractivity contribution < 1.29 is 4.79 Å². The Morgan fingerprint density at radius 2 is 1.65 bits per heavy atom. The zero-order valence-electron chi connectivity index (χ0n) is 10.6. The van der Waals surface area contributed by atoms with Crippen LogP contribution in [-0.4, -0.2) is 22.4 Å². The van der Waals surface area contributed by atoms with Crippen LogP contribution in [0.1, 0.15) is 0 Å². The number of hydrogen-bond acceptors (Lipinski definition) is 7. The number of benzene rings is 1. The Morgan fingerprint density at radius 3 is 2.25 bits per heavy atom. The summed E-state index contributed by atoms with van der Waals surface area (Å²) in [4.78, 5) is 19.3. The molecule has 0 aliphatic carbocycles. The number of nitrogens with zero attached hydrogens (tertiary/aromatic N) is 2. The first-order valence-electron chi connectivity index (χ1n) is 5.83. The second-order valence-corrected chi connectivity index (χ2v) is 4.00. The number of hydrogen-bond donors (Lipinski definition) is 5. The van der Waals surface area contributed by atoms with E-state index in [0.717, 1.165) is 5.69 Å². The van der Waals surface area contributed by atoms with Crippen LogP contribution in [0.4, 0.5) is 29.0 Å². The molecule has 0 saturated heterocycles. The van der Waals surface area contributed by atoms with Crippen LogP contribution in [0.3, 0.4) is 0 Å². The molecular weight excluding hydrogens is 258 g/mol. The summed E-state index contributed by atoms with van der Waals surface area (Å²) in [5.41, 5.74) is 17.6. The molecule has 0 aliphatic heterocycles. The Hall–Kier alpha value is -3.03. The minimum Gasteiger partial charge on any atom is -0.382 e. The van der Waals surface area contributed by atoms with Crippen LogP contribution in [0.2, 0.25) is 0 Å². The monoisotopic (exact) mass is 273 g/mol. The molecule has 20 heavy (non-hydrogen) atoms. The molecule has 1 aromatic carbocycles. The number of nitrogen functional groups attached to an aromatic ring is 3. The highest BCUT2D eigenvalue weighted by Gasteiger charge is 2.11.